The maximum atomic E-state index is 9.28. The van der Waals surface area contributed by atoms with Gasteiger partial charge in [0, 0.05) is 5.56 Å². The normalized spacial score (nSPS) is 9.95. The van der Waals surface area contributed by atoms with Crippen LogP contribution in [0.5, 0.6) is 11.5 Å². The Labute approximate surface area is 122 Å². The number of aromatic nitrogens is 1. The second-order valence-corrected chi connectivity index (χ2v) is 4.93. The third kappa shape index (κ3) is 2.91. The highest BCUT2D eigenvalue weighted by Crippen LogP contribution is 2.32. The van der Waals surface area contributed by atoms with Gasteiger partial charge in [0.15, 0.2) is 0 Å². The van der Waals surface area contributed by atoms with E-state index in [1.807, 2.05) is 44.2 Å². The Kier molecular flexibility index (Phi) is 4.58. The van der Waals surface area contributed by atoms with Crippen molar-refractivity contribution in [3.63, 3.8) is 0 Å². The summed E-state index contributed by atoms with van der Waals surface area (Å²) in [5.41, 5.74) is 1.97. The molecule has 0 saturated heterocycles. The first-order valence-corrected chi connectivity index (χ1v) is 7.32. The van der Waals surface area contributed by atoms with Crippen LogP contribution in [0.3, 0.4) is 0 Å². The average Bonchev–Trinajstić information content (AvgIpc) is 2.92. The summed E-state index contributed by atoms with van der Waals surface area (Å²) in [6.45, 7) is 4.00. The zero-order valence-corrected chi connectivity index (χ0v) is 12.6. The number of rotatable bonds is 2. The van der Waals surface area contributed by atoms with E-state index in [1.165, 1.54) is 0 Å². The summed E-state index contributed by atoms with van der Waals surface area (Å²) >= 11 is 1.61. The molecular formula is C16H17NO2S. The summed E-state index contributed by atoms with van der Waals surface area (Å²) in [7, 11) is 1.66. The average molecular weight is 287 g/mol. The minimum atomic E-state index is 0.265. The standard InChI is InChI=1S/C14H11NO2S.C2H6/c1-17-11-6-7-12-13(8-11)18-14(15-12)9-2-4-10(16)5-3-9;1-2/h2-8,16H,1H3;1-2H3. The topological polar surface area (TPSA) is 42.4 Å². The van der Waals surface area contributed by atoms with Crippen molar-refractivity contribution in [2.45, 2.75) is 13.8 Å². The summed E-state index contributed by atoms with van der Waals surface area (Å²) in [5, 5.41) is 10.2. The van der Waals surface area contributed by atoms with Gasteiger partial charge in [-0.05, 0) is 42.5 Å². The molecule has 0 fully saturated rings. The summed E-state index contributed by atoms with van der Waals surface area (Å²) in [5.74, 6) is 1.10. The van der Waals surface area contributed by atoms with Gasteiger partial charge in [0.1, 0.15) is 16.5 Å². The summed E-state index contributed by atoms with van der Waals surface area (Å²) < 4.78 is 6.29. The smallest absolute Gasteiger partial charge is 0.124 e. The second kappa shape index (κ2) is 6.39. The van der Waals surface area contributed by atoms with Crippen LogP contribution in [-0.4, -0.2) is 17.2 Å². The summed E-state index contributed by atoms with van der Waals surface area (Å²) in [4.78, 5) is 4.57. The van der Waals surface area contributed by atoms with E-state index in [1.54, 1.807) is 30.6 Å². The van der Waals surface area contributed by atoms with Gasteiger partial charge in [-0.3, -0.25) is 0 Å². The maximum absolute atomic E-state index is 9.28. The van der Waals surface area contributed by atoms with Crippen molar-refractivity contribution >= 4 is 21.6 Å². The van der Waals surface area contributed by atoms with Crippen LogP contribution in [0, 0.1) is 0 Å². The number of phenols is 1. The second-order valence-electron chi connectivity index (χ2n) is 3.90. The SMILES string of the molecule is CC.COc1ccc2nc(-c3ccc(O)cc3)sc2c1. The van der Waals surface area contributed by atoms with Crippen molar-refractivity contribution in [3.8, 4) is 22.1 Å². The zero-order valence-electron chi connectivity index (χ0n) is 11.8. The lowest BCUT2D eigenvalue weighted by atomic mass is 10.2. The van der Waals surface area contributed by atoms with Gasteiger partial charge in [0.05, 0.1) is 17.3 Å². The molecule has 0 aliphatic carbocycles. The van der Waals surface area contributed by atoms with E-state index < -0.39 is 0 Å². The van der Waals surface area contributed by atoms with E-state index in [-0.39, 0.29) is 5.75 Å². The number of phenolic OH excluding ortho intramolecular Hbond substituents is 1. The first-order chi connectivity index (χ1) is 9.76. The van der Waals surface area contributed by atoms with Crippen molar-refractivity contribution in [1.29, 1.82) is 0 Å². The largest absolute Gasteiger partial charge is 0.508 e. The number of fused-ring (bicyclic) bond motifs is 1. The molecule has 0 atom stereocenters. The van der Waals surface area contributed by atoms with Gasteiger partial charge in [-0.1, -0.05) is 13.8 Å². The highest BCUT2D eigenvalue weighted by atomic mass is 32.1. The van der Waals surface area contributed by atoms with Crippen molar-refractivity contribution in [2.75, 3.05) is 7.11 Å². The Morgan fingerprint density at radius 3 is 2.40 bits per heavy atom. The molecule has 20 heavy (non-hydrogen) atoms. The fourth-order valence-corrected chi connectivity index (χ4v) is 2.76. The number of hydrogen-bond acceptors (Lipinski definition) is 4. The van der Waals surface area contributed by atoms with Crippen molar-refractivity contribution in [3.05, 3.63) is 42.5 Å². The zero-order chi connectivity index (χ0) is 14.5. The van der Waals surface area contributed by atoms with Gasteiger partial charge in [0.2, 0.25) is 0 Å². The molecule has 3 rings (SSSR count). The lowest BCUT2D eigenvalue weighted by Crippen LogP contribution is -1.80. The third-order valence-corrected chi connectivity index (χ3v) is 3.78. The Balaban J connectivity index is 0.000000704. The lowest BCUT2D eigenvalue weighted by molar-refractivity contribution is 0.415. The van der Waals surface area contributed by atoms with Gasteiger partial charge in [-0.15, -0.1) is 11.3 Å². The molecule has 0 amide bonds. The van der Waals surface area contributed by atoms with Gasteiger partial charge in [-0.25, -0.2) is 4.98 Å². The molecule has 3 nitrogen and oxygen atoms in total. The highest BCUT2D eigenvalue weighted by molar-refractivity contribution is 7.21. The molecule has 104 valence electrons. The molecule has 0 bridgehead atoms. The van der Waals surface area contributed by atoms with Crippen LogP contribution in [0.25, 0.3) is 20.8 Å². The minimum Gasteiger partial charge on any atom is -0.508 e. The molecule has 0 unspecified atom stereocenters. The van der Waals surface area contributed by atoms with Crippen LogP contribution < -0.4 is 4.74 Å². The number of thiazole rings is 1. The Morgan fingerprint density at radius 2 is 1.75 bits per heavy atom. The number of hydrogen-bond donors (Lipinski definition) is 1. The van der Waals surface area contributed by atoms with Crippen LogP contribution in [0.15, 0.2) is 42.5 Å². The molecule has 0 saturated carbocycles. The molecule has 0 spiro atoms. The number of aromatic hydroxyl groups is 1. The molecule has 0 aliphatic rings. The van der Waals surface area contributed by atoms with E-state index in [0.29, 0.717) is 0 Å². The molecule has 1 heterocycles. The van der Waals surface area contributed by atoms with Crippen LogP contribution in [0.2, 0.25) is 0 Å². The first kappa shape index (κ1) is 14.3. The quantitative estimate of drug-likeness (QED) is 0.742. The number of ether oxygens (including phenoxy) is 1. The molecule has 0 radical (unpaired) electrons. The highest BCUT2D eigenvalue weighted by Gasteiger charge is 2.07. The van der Waals surface area contributed by atoms with Crippen LogP contribution in [0.4, 0.5) is 0 Å². The van der Waals surface area contributed by atoms with E-state index in [2.05, 4.69) is 4.98 Å². The van der Waals surface area contributed by atoms with Crippen molar-refractivity contribution in [2.24, 2.45) is 0 Å². The Morgan fingerprint density at radius 1 is 1.05 bits per heavy atom. The lowest BCUT2D eigenvalue weighted by Gasteiger charge is -1.96. The van der Waals surface area contributed by atoms with Gasteiger partial charge in [0.25, 0.3) is 0 Å². The summed E-state index contributed by atoms with van der Waals surface area (Å²) in [6, 6.07) is 12.9. The predicted molar refractivity (Wildman–Crippen MR) is 84.6 cm³/mol. The third-order valence-electron chi connectivity index (χ3n) is 2.71. The number of nitrogens with zero attached hydrogens (tertiary/aromatic N) is 1. The minimum absolute atomic E-state index is 0.265. The fraction of sp³-hybridized carbons (Fsp3) is 0.188. The number of methoxy groups -OCH3 is 1. The molecule has 1 aromatic heterocycles. The predicted octanol–water partition coefficient (Wildman–Crippen LogP) is 4.70. The van der Waals surface area contributed by atoms with E-state index in [0.717, 1.165) is 26.5 Å². The van der Waals surface area contributed by atoms with E-state index in [4.69, 9.17) is 4.74 Å². The van der Waals surface area contributed by atoms with Crippen molar-refractivity contribution < 1.29 is 9.84 Å². The summed E-state index contributed by atoms with van der Waals surface area (Å²) in [6.07, 6.45) is 0. The molecule has 0 aliphatic heterocycles. The van der Waals surface area contributed by atoms with Crippen molar-refractivity contribution in [1.82, 2.24) is 4.98 Å². The van der Waals surface area contributed by atoms with Crippen LogP contribution in [0.1, 0.15) is 13.8 Å². The molecule has 2 aromatic carbocycles. The molecule has 4 heteroatoms. The maximum Gasteiger partial charge on any atom is 0.124 e. The van der Waals surface area contributed by atoms with Gasteiger partial charge in [-0.2, -0.15) is 0 Å². The molecule has 1 N–H and O–H groups in total. The molecular weight excluding hydrogens is 270 g/mol. The van der Waals surface area contributed by atoms with E-state index in [9.17, 15) is 5.11 Å². The Bertz CT molecular complexity index is 689. The Hall–Kier alpha value is -2.07. The molecule has 3 aromatic rings. The van der Waals surface area contributed by atoms with Crippen LogP contribution in [-0.2, 0) is 0 Å². The van der Waals surface area contributed by atoms with Gasteiger partial charge < -0.3 is 9.84 Å². The fourth-order valence-electron chi connectivity index (χ4n) is 1.76. The first-order valence-electron chi connectivity index (χ1n) is 6.50. The monoisotopic (exact) mass is 287 g/mol. The van der Waals surface area contributed by atoms with E-state index >= 15 is 0 Å². The number of benzene rings is 2. The van der Waals surface area contributed by atoms with Gasteiger partial charge >= 0.3 is 0 Å². The van der Waals surface area contributed by atoms with Crippen LogP contribution >= 0.6 is 11.3 Å².